The van der Waals surface area contributed by atoms with Gasteiger partial charge in [-0.05, 0) is 46.3 Å². The van der Waals surface area contributed by atoms with Gasteiger partial charge in [0.05, 0.1) is 5.02 Å². The van der Waals surface area contributed by atoms with Gasteiger partial charge in [-0.25, -0.2) is 5.84 Å². The van der Waals surface area contributed by atoms with Gasteiger partial charge in [0.2, 0.25) is 0 Å². The Morgan fingerprint density at radius 1 is 1.26 bits per heavy atom. The Bertz CT molecular complexity index is 605. The van der Waals surface area contributed by atoms with Gasteiger partial charge in [0.25, 0.3) is 5.91 Å². The highest BCUT2D eigenvalue weighted by Gasteiger charge is 2.09. The zero-order valence-corrected chi connectivity index (χ0v) is 11.9. The number of hydrogen-bond acceptors (Lipinski definition) is 5. The number of nitrogens with zero attached hydrogens (tertiary/aromatic N) is 2. The van der Waals surface area contributed by atoms with E-state index in [1.807, 2.05) is 0 Å². The third kappa shape index (κ3) is 3.40. The summed E-state index contributed by atoms with van der Waals surface area (Å²) in [5.74, 6) is 5.17. The molecule has 8 heteroatoms. The number of hydrazine groups is 1. The zero-order valence-electron chi connectivity index (χ0n) is 9.52. The molecule has 0 saturated heterocycles. The van der Waals surface area contributed by atoms with Crippen LogP contribution in [0.1, 0.15) is 10.5 Å². The first kappa shape index (κ1) is 13.7. The van der Waals surface area contributed by atoms with Crippen molar-refractivity contribution < 1.29 is 4.79 Å². The van der Waals surface area contributed by atoms with Crippen molar-refractivity contribution in [2.75, 3.05) is 10.7 Å². The van der Waals surface area contributed by atoms with Gasteiger partial charge in [0, 0.05) is 10.2 Å². The fourth-order valence-electron chi connectivity index (χ4n) is 1.30. The van der Waals surface area contributed by atoms with E-state index in [9.17, 15) is 4.79 Å². The number of nitrogen functional groups attached to an aromatic ring is 1. The summed E-state index contributed by atoms with van der Waals surface area (Å²) in [6, 6.07) is 8.13. The molecule has 1 amide bonds. The second kappa shape index (κ2) is 5.96. The first-order valence-electron chi connectivity index (χ1n) is 5.17. The fourth-order valence-corrected chi connectivity index (χ4v) is 1.80. The molecule has 2 rings (SSSR count). The Balaban J connectivity index is 2.13. The van der Waals surface area contributed by atoms with Crippen LogP contribution in [-0.4, -0.2) is 16.1 Å². The van der Waals surface area contributed by atoms with Crippen molar-refractivity contribution in [1.29, 1.82) is 0 Å². The van der Waals surface area contributed by atoms with Crippen LogP contribution in [0.25, 0.3) is 0 Å². The summed E-state index contributed by atoms with van der Waals surface area (Å²) in [4.78, 5) is 11.9. The summed E-state index contributed by atoms with van der Waals surface area (Å²) in [6.45, 7) is 0. The van der Waals surface area contributed by atoms with Crippen molar-refractivity contribution in [2.24, 2.45) is 5.84 Å². The van der Waals surface area contributed by atoms with E-state index in [4.69, 9.17) is 17.4 Å². The van der Waals surface area contributed by atoms with Crippen LogP contribution in [0.3, 0.4) is 0 Å². The van der Waals surface area contributed by atoms with Crippen LogP contribution >= 0.6 is 27.5 Å². The number of nitrogens with two attached hydrogens (primary N) is 1. The molecule has 0 bridgehead atoms. The minimum Gasteiger partial charge on any atom is -0.321 e. The Hall–Kier alpha value is -1.70. The highest BCUT2D eigenvalue weighted by atomic mass is 79.9. The molecule has 0 unspecified atom stereocenters. The normalized spacial score (nSPS) is 10.1. The van der Waals surface area contributed by atoms with Crippen LogP contribution in [-0.2, 0) is 0 Å². The molecule has 0 fully saturated rings. The average molecular weight is 343 g/mol. The molecule has 0 radical (unpaired) electrons. The number of halogens is 2. The molecule has 0 aliphatic heterocycles. The molecular weight excluding hydrogens is 334 g/mol. The first-order valence-corrected chi connectivity index (χ1v) is 6.34. The van der Waals surface area contributed by atoms with Crippen molar-refractivity contribution in [3.63, 3.8) is 0 Å². The maximum Gasteiger partial charge on any atom is 0.276 e. The number of anilines is 2. The lowest BCUT2D eigenvalue weighted by molar-refractivity contribution is 0.102. The van der Waals surface area contributed by atoms with Gasteiger partial charge in [0.15, 0.2) is 11.5 Å². The van der Waals surface area contributed by atoms with Gasteiger partial charge in [-0.2, -0.15) is 0 Å². The third-order valence-corrected chi connectivity index (χ3v) is 3.44. The third-order valence-electron chi connectivity index (χ3n) is 2.22. The van der Waals surface area contributed by atoms with E-state index in [2.05, 4.69) is 36.9 Å². The highest BCUT2D eigenvalue weighted by Crippen LogP contribution is 2.25. The number of rotatable bonds is 3. The minimum absolute atomic E-state index is 0.185. The quantitative estimate of drug-likeness (QED) is 0.588. The van der Waals surface area contributed by atoms with Crippen molar-refractivity contribution in [2.45, 2.75) is 0 Å². The molecular formula is C11H9BrClN5O. The Kier molecular flexibility index (Phi) is 4.31. The summed E-state index contributed by atoms with van der Waals surface area (Å²) >= 11 is 9.14. The molecule has 1 aromatic carbocycles. The molecule has 4 N–H and O–H groups in total. The number of amides is 1. The summed E-state index contributed by atoms with van der Waals surface area (Å²) < 4.78 is 0.695. The number of carbonyl (C=O) groups excluding carboxylic acids is 1. The van der Waals surface area contributed by atoms with E-state index >= 15 is 0 Å². The van der Waals surface area contributed by atoms with Crippen LogP contribution in [0, 0.1) is 0 Å². The highest BCUT2D eigenvalue weighted by molar-refractivity contribution is 9.10. The molecule has 6 nitrogen and oxygen atoms in total. The number of aromatic nitrogens is 2. The molecule has 19 heavy (non-hydrogen) atoms. The van der Waals surface area contributed by atoms with E-state index in [1.54, 1.807) is 24.3 Å². The molecule has 0 spiro atoms. The number of hydrogen-bond donors (Lipinski definition) is 3. The Morgan fingerprint density at radius 2 is 2.05 bits per heavy atom. The van der Waals surface area contributed by atoms with Crippen LogP contribution < -0.4 is 16.6 Å². The van der Waals surface area contributed by atoms with Crippen molar-refractivity contribution in [3.05, 3.63) is 45.5 Å². The van der Waals surface area contributed by atoms with Crippen LogP contribution in [0.4, 0.5) is 11.5 Å². The molecule has 0 atom stereocenters. The second-order valence-corrected chi connectivity index (χ2v) is 4.79. The lowest BCUT2D eigenvalue weighted by Gasteiger charge is -2.06. The summed E-state index contributed by atoms with van der Waals surface area (Å²) in [5, 5.41) is 10.7. The SMILES string of the molecule is NNc1ccc(C(=O)Nc2ccc(Cl)c(Br)c2)nn1. The smallest absolute Gasteiger partial charge is 0.276 e. The number of benzene rings is 1. The molecule has 1 aromatic heterocycles. The lowest BCUT2D eigenvalue weighted by atomic mass is 10.3. The largest absolute Gasteiger partial charge is 0.321 e. The standard InChI is InChI=1S/C11H9BrClN5O/c12-7-5-6(1-2-8(7)13)15-11(19)9-3-4-10(16-14)18-17-9/h1-5H,14H2,(H,15,19)(H,16,18). The summed E-state index contributed by atoms with van der Waals surface area (Å²) in [7, 11) is 0. The van der Waals surface area contributed by atoms with Crippen LogP contribution in [0.15, 0.2) is 34.8 Å². The first-order chi connectivity index (χ1) is 9.10. The molecule has 98 valence electrons. The van der Waals surface area contributed by atoms with Gasteiger partial charge in [-0.1, -0.05) is 11.6 Å². The Morgan fingerprint density at radius 3 is 2.63 bits per heavy atom. The maximum absolute atomic E-state index is 11.9. The second-order valence-electron chi connectivity index (χ2n) is 3.53. The minimum atomic E-state index is -0.370. The van der Waals surface area contributed by atoms with Crippen molar-refractivity contribution in [3.8, 4) is 0 Å². The van der Waals surface area contributed by atoms with E-state index in [1.165, 1.54) is 6.07 Å². The molecule has 1 heterocycles. The summed E-state index contributed by atoms with van der Waals surface area (Å²) in [6.07, 6.45) is 0. The van der Waals surface area contributed by atoms with Gasteiger partial charge >= 0.3 is 0 Å². The fraction of sp³-hybridized carbons (Fsp3) is 0. The van der Waals surface area contributed by atoms with E-state index < -0.39 is 0 Å². The zero-order chi connectivity index (χ0) is 13.8. The average Bonchev–Trinajstić information content (AvgIpc) is 2.43. The van der Waals surface area contributed by atoms with E-state index in [0.29, 0.717) is 21.0 Å². The molecule has 0 saturated carbocycles. The Labute approximate surface area is 122 Å². The number of carbonyl (C=O) groups is 1. The van der Waals surface area contributed by atoms with E-state index in [-0.39, 0.29) is 11.6 Å². The van der Waals surface area contributed by atoms with E-state index in [0.717, 1.165) is 0 Å². The van der Waals surface area contributed by atoms with Gasteiger partial charge in [0.1, 0.15) is 0 Å². The lowest BCUT2D eigenvalue weighted by Crippen LogP contribution is -2.16. The topological polar surface area (TPSA) is 92.9 Å². The molecule has 0 aliphatic carbocycles. The van der Waals surface area contributed by atoms with Gasteiger partial charge in [-0.3, -0.25) is 4.79 Å². The van der Waals surface area contributed by atoms with Crippen LogP contribution in [0.5, 0.6) is 0 Å². The van der Waals surface area contributed by atoms with Crippen LogP contribution in [0.2, 0.25) is 5.02 Å². The van der Waals surface area contributed by atoms with Gasteiger partial charge in [-0.15, -0.1) is 10.2 Å². The van der Waals surface area contributed by atoms with Crippen molar-refractivity contribution in [1.82, 2.24) is 10.2 Å². The van der Waals surface area contributed by atoms with Gasteiger partial charge < -0.3 is 10.7 Å². The van der Waals surface area contributed by atoms with Crippen molar-refractivity contribution >= 4 is 44.9 Å². The summed E-state index contributed by atoms with van der Waals surface area (Å²) in [5.41, 5.74) is 3.12. The maximum atomic E-state index is 11.9. The monoisotopic (exact) mass is 341 g/mol. The predicted molar refractivity (Wildman–Crippen MR) is 76.9 cm³/mol. The molecule has 2 aromatic rings. The number of nitrogens with one attached hydrogen (secondary N) is 2. The molecule has 0 aliphatic rings. The predicted octanol–water partition coefficient (Wildman–Crippen LogP) is 2.43.